The topological polar surface area (TPSA) is 25.8 Å². The molecule has 1 aromatic heterocycles. The van der Waals surface area contributed by atoms with E-state index in [-0.39, 0.29) is 5.41 Å². The fourth-order valence-electron chi connectivity index (χ4n) is 9.33. The molecule has 0 atom stereocenters. The summed E-state index contributed by atoms with van der Waals surface area (Å²) in [6.07, 6.45) is 0. The van der Waals surface area contributed by atoms with Gasteiger partial charge in [-0.15, -0.1) is 0 Å². The van der Waals surface area contributed by atoms with E-state index in [1.807, 2.05) is 6.07 Å². The number of fused-ring (bicyclic) bond motifs is 7. The van der Waals surface area contributed by atoms with E-state index < -0.39 is 0 Å². The van der Waals surface area contributed by atoms with Crippen molar-refractivity contribution in [1.29, 1.82) is 0 Å². The second-order valence-electron chi connectivity index (χ2n) is 15.7. The molecule has 0 unspecified atom stereocenters. The van der Waals surface area contributed by atoms with E-state index in [2.05, 4.69) is 202 Å². The second-order valence-corrected chi connectivity index (χ2v) is 15.7. The van der Waals surface area contributed by atoms with Gasteiger partial charge in [-0.3, -0.25) is 0 Å². The Hall–Kier alpha value is -7.16. The van der Waals surface area contributed by atoms with E-state index in [0.29, 0.717) is 5.82 Å². The van der Waals surface area contributed by atoms with Crippen LogP contribution in [-0.4, -0.2) is 9.97 Å². The van der Waals surface area contributed by atoms with Crippen molar-refractivity contribution in [1.82, 2.24) is 9.97 Å². The Morgan fingerprint density at radius 3 is 1.81 bits per heavy atom. The number of benzene rings is 9. The van der Waals surface area contributed by atoms with Gasteiger partial charge in [0.1, 0.15) is 0 Å². The van der Waals surface area contributed by atoms with Crippen molar-refractivity contribution in [3.8, 4) is 67.3 Å². The number of hydrogen-bond donors (Lipinski definition) is 0. The second kappa shape index (κ2) is 13.0. The molecule has 268 valence electrons. The van der Waals surface area contributed by atoms with Gasteiger partial charge in [0, 0.05) is 22.1 Å². The van der Waals surface area contributed by atoms with Gasteiger partial charge in [0.2, 0.25) is 0 Å². The third kappa shape index (κ3) is 5.40. The molecular formula is C55H38N2. The van der Waals surface area contributed by atoms with Gasteiger partial charge in [-0.1, -0.05) is 190 Å². The van der Waals surface area contributed by atoms with Crippen LogP contribution in [0.3, 0.4) is 0 Å². The van der Waals surface area contributed by atoms with E-state index in [1.54, 1.807) is 0 Å². The first-order valence-electron chi connectivity index (χ1n) is 19.7. The Balaban J connectivity index is 1.04. The van der Waals surface area contributed by atoms with E-state index in [9.17, 15) is 0 Å². The third-order valence-corrected chi connectivity index (χ3v) is 12.0. The van der Waals surface area contributed by atoms with Gasteiger partial charge in [-0.05, 0) is 95.0 Å². The molecule has 0 saturated carbocycles. The van der Waals surface area contributed by atoms with Gasteiger partial charge >= 0.3 is 0 Å². The molecule has 10 aromatic rings. The van der Waals surface area contributed by atoms with Gasteiger partial charge in [0.05, 0.1) is 11.4 Å². The molecule has 1 aliphatic carbocycles. The lowest BCUT2D eigenvalue weighted by Gasteiger charge is -2.24. The van der Waals surface area contributed by atoms with Crippen LogP contribution in [0, 0.1) is 0 Å². The molecule has 0 radical (unpaired) electrons. The van der Waals surface area contributed by atoms with Crippen molar-refractivity contribution in [2.45, 2.75) is 19.3 Å². The van der Waals surface area contributed by atoms with Crippen LogP contribution in [0.1, 0.15) is 25.0 Å². The normalized spacial score (nSPS) is 12.9. The predicted molar refractivity (Wildman–Crippen MR) is 239 cm³/mol. The number of hydrogen-bond acceptors (Lipinski definition) is 2. The molecule has 0 amide bonds. The number of nitrogens with zero attached hydrogens (tertiary/aromatic N) is 2. The smallest absolute Gasteiger partial charge is 0.160 e. The summed E-state index contributed by atoms with van der Waals surface area (Å²) in [5.41, 5.74) is 15.1. The molecule has 0 bridgehead atoms. The lowest BCUT2D eigenvalue weighted by molar-refractivity contribution is 0.662. The summed E-state index contributed by atoms with van der Waals surface area (Å²) in [6.45, 7) is 4.70. The van der Waals surface area contributed by atoms with E-state index in [0.717, 1.165) is 28.1 Å². The van der Waals surface area contributed by atoms with E-state index in [4.69, 9.17) is 9.97 Å². The molecule has 0 aliphatic heterocycles. The average Bonchev–Trinajstić information content (AvgIpc) is 3.51. The summed E-state index contributed by atoms with van der Waals surface area (Å²) in [4.78, 5) is 10.5. The Morgan fingerprint density at radius 2 is 0.965 bits per heavy atom. The first-order valence-corrected chi connectivity index (χ1v) is 19.7. The van der Waals surface area contributed by atoms with Gasteiger partial charge in [0.25, 0.3) is 0 Å². The quantitative estimate of drug-likeness (QED) is 0.130. The van der Waals surface area contributed by atoms with E-state index >= 15 is 0 Å². The van der Waals surface area contributed by atoms with Crippen LogP contribution in [0.2, 0.25) is 0 Å². The molecule has 57 heavy (non-hydrogen) atoms. The highest BCUT2D eigenvalue weighted by atomic mass is 14.9. The minimum Gasteiger partial charge on any atom is -0.228 e. The zero-order valence-electron chi connectivity index (χ0n) is 31.9. The summed E-state index contributed by atoms with van der Waals surface area (Å²) in [6, 6.07) is 70.1. The Morgan fingerprint density at radius 1 is 0.351 bits per heavy atom. The maximum Gasteiger partial charge on any atom is 0.160 e. The fraction of sp³-hybridized carbons (Fsp3) is 0.0545. The van der Waals surface area contributed by atoms with Crippen molar-refractivity contribution in [2.24, 2.45) is 0 Å². The summed E-state index contributed by atoms with van der Waals surface area (Å²) in [5, 5.41) is 7.52. The summed E-state index contributed by atoms with van der Waals surface area (Å²) < 4.78 is 0. The van der Waals surface area contributed by atoms with Gasteiger partial charge < -0.3 is 0 Å². The van der Waals surface area contributed by atoms with Crippen LogP contribution in [-0.2, 0) is 5.41 Å². The molecule has 1 aliphatic rings. The monoisotopic (exact) mass is 726 g/mol. The van der Waals surface area contributed by atoms with Crippen LogP contribution < -0.4 is 0 Å². The Labute approximate surface area is 332 Å². The Kier molecular flexibility index (Phi) is 7.55. The lowest BCUT2D eigenvalue weighted by atomic mass is 9.78. The molecule has 0 saturated heterocycles. The SMILES string of the molecule is CC1(C)c2ccccc2-c2cccc(-c3cccc(-c4cc(-c5ccccc5)nc(-c5ccc(-c6c7ccccc7cc7c6ccc6ccccc67)cc5)n4)c3)c21. The minimum absolute atomic E-state index is 0.112. The van der Waals surface area contributed by atoms with Crippen LogP contribution in [0.25, 0.3) is 99.6 Å². The molecule has 0 spiro atoms. The largest absolute Gasteiger partial charge is 0.228 e. The third-order valence-electron chi connectivity index (χ3n) is 12.0. The molecule has 9 aromatic carbocycles. The maximum absolute atomic E-state index is 5.29. The van der Waals surface area contributed by atoms with Crippen LogP contribution in [0.15, 0.2) is 194 Å². The zero-order chi connectivity index (χ0) is 38.1. The van der Waals surface area contributed by atoms with Crippen molar-refractivity contribution < 1.29 is 0 Å². The van der Waals surface area contributed by atoms with Crippen molar-refractivity contribution in [3.05, 3.63) is 205 Å². The molecular weight excluding hydrogens is 689 g/mol. The fourth-order valence-corrected chi connectivity index (χ4v) is 9.33. The Bertz CT molecular complexity index is 3190. The number of rotatable bonds is 5. The van der Waals surface area contributed by atoms with Crippen molar-refractivity contribution in [3.63, 3.8) is 0 Å². The average molecular weight is 727 g/mol. The van der Waals surface area contributed by atoms with Gasteiger partial charge in [0.15, 0.2) is 5.82 Å². The molecule has 11 rings (SSSR count). The highest BCUT2D eigenvalue weighted by Gasteiger charge is 2.37. The standard InChI is InChI=1S/C55H38N2/c1-55(2)49-25-11-10-22-45(49)47-24-13-23-44(53(47)55)39-18-12-19-41(32-39)51-34-50(36-15-4-3-5-16-36)56-54(57-51)38-28-26-37(27-29-38)52-43-21-9-7-17-40(43)33-48-42-20-8-6-14-35(42)30-31-46(48)52/h3-34H,1-2H3. The summed E-state index contributed by atoms with van der Waals surface area (Å²) in [5.74, 6) is 0.703. The number of aromatic nitrogens is 2. The van der Waals surface area contributed by atoms with Gasteiger partial charge in [-0.25, -0.2) is 9.97 Å². The van der Waals surface area contributed by atoms with Crippen LogP contribution >= 0.6 is 0 Å². The highest BCUT2D eigenvalue weighted by Crippen LogP contribution is 2.52. The minimum atomic E-state index is -0.112. The van der Waals surface area contributed by atoms with Crippen LogP contribution in [0.4, 0.5) is 0 Å². The first kappa shape index (κ1) is 33.2. The lowest BCUT2D eigenvalue weighted by Crippen LogP contribution is -2.16. The molecule has 0 N–H and O–H groups in total. The highest BCUT2D eigenvalue weighted by molar-refractivity contribution is 6.20. The zero-order valence-corrected chi connectivity index (χ0v) is 31.9. The van der Waals surface area contributed by atoms with Crippen LogP contribution in [0.5, 0.6) is 0 Å². The first-order chi connectivity index (χ1) is 28.0. The maximum atomic E-state index is 5.29. The van der Waals surface area contributed by atoms with Crippen molar-refractivity contribution >= 4 is 32.3 Å². The molecule has 2 nitrogen and oxygen atoms in total. The van der Waals surface area contributed by atoms with Crippen molar-refractivity contribution in [2.75, 3.05) is 0 Å². The predicted octanol–water partition coefficient (Wildman–Crippen LogP) is 14.6. The summed E-state index contributed by atoms with van der Waals surface area (Å²) >= 11 is 0. The summed E-state index contributed by atoms with van der Waals surface area (Å²) in [7, 11) is 0. The van der Waals surface area contributed by atoms with E-state index in [1.165, 1.54) is 76.8 Å². The molecule has 0 fully saturated rings. The molecule has 2 heteroatoms. The van der Waals surface area contributed by atoms with Gasteiger partial charge in [-0.2, -0.15) is 0 Å². The molecule has 1 heterocycles.